The van der Waals surface area contributed by atoms with E-state index in [2.05, 4.69) is 10.0 Å². The van der Waals surface area contributed by atoms with E-state index in [0.29, 0.717) is 36.4 Å². The number of rotatable bonds is 10. The Morgan fingerprint density at radius 2 is 2.19 bits per heavy atom. The number of hydrogen-bond acceptors (Lipinski definition) is 5. The molecule has 1 aliphatic rings. The Bertz CT molecular complexity index is 551. The van der Waals surface area contributed by atoms with E-state index in [-0.39, 0.29) is 0 Å². The minimum absolute atomic E-state index is 0.406. The second-order valence-electron chi connectivity index (χ2n) is 5.28. The van der Waals surface area contributed by atoms with Gasteiger partial charge in [0.05, 0.1) is 0 Å². The number of sulfonamides is 1. The third-order valence-corrected chi connectivity index (χ3v) is 6.52. The van der Waals surface area contributed by atoms with Gasteiger partial charge in [-0.2, -0.15) is 0 Å². The third kappa shape index (κ3) is 5.34. The monoisotopic (exact) mass is 332 g/mol. The normalized spacial score (nSPS) is 15.5. The molecule has 0 amide bonds. The molecule has 0 aliphatic heterocycles. The summed E-state index contributed by atoms with van der Waals surface area (Å²) in [5.74, 6) is 0. The number of thiophene rings is 1. The average molecular weight is 332 g/mol. The van der Waals surface area contributed by atoms with Gasteiger partial charge in [-0.25, -0.2) is 13.1 Å². The van der Waals surface area contributed by atoms with Crippen LogP contribution in [0.3, 0.4) is 0 Å². The molecule has 7 heteroatoms. The van der Waals surface area contributed by atoms with E-state index in [4.69, 9.17) is 4.74 Å². The van der Waals surface area contributed by atoms with E-state index >= 15 is 0 Å². The van der Waals surface area contributed by atoms with Gasteiger partial charge in [0.15, 0.2) is 0 Å². The van der Waals surface area contributed by atoms with Gasteiger partial charge in [-0.1, -0.05) is 0 Å². The summed E-state index contributed by atoms with van der Waals surface area (Å²) in [5.41, 5.74) is 1.04. The van der Waals surface area contributed by atoms with Gasteiger partial charge in [-0.3, -0.25) is 0 Å². The Morgan fingerprint density at radius 1 is 1.43 bits per heavy atom. The van der Waals surface area contributed by atoms with Crippen LogP contribution in [-0.2, 0) is 21.3 Å². The van der Waals surface area contributed by atoms with Crippen LogP contribution < -0.4 is 10.0 Å². The Labute approximate surface area is 131 Å². The first-order valence-electron chi connectivity index (χ1n) is 7.43. The van der Waals surface area contributed by atoms with Crippen molar-refractivity contribution in [1.82, 2.24) is 10.0 Å². The van der Waals surface area contributed by atoms with E-state index in [0.717, 1.165) is 17.0 Å². The van der Waals surface area contributed by atoms with Crippen molar-refractivity contribution in [3.63, 3.8) is 0 Å². The van der Waals surface area contributed by atoms with Crippen LogP contribution >= 0.6 is 11.3 Å². The van der Waals surface area contributed by atoms with E-state index in [9.17, 15) is 8.42 Å². The quantitative estimate of drug-likeness (QED) is 0.643. The van der Waals surface area contributed by atoms with Crippen LogP contribution in [0.1, 0.15) is 36.6 Å². The lowest BCUT2D eigenvalue weighted by atomic mass is 10.3. The lowest BCUT2D eigenvalue weighted by molar-refractivity contribution is 0.146. The van der Waals surface area contributed by atoms with Gasteiger partial charge in [0, 0.05) is 37.2 Å². The summed E-state index contributed by atoms with van der Waals surface area (Å²) >= 11 is 1.36. The van der Waals surface area contributed by atoms with Crippen LogP contribution in [0.25, 0.3) is 0 Å². The summed E-state index contributed by atoms with van der Waals surface area (Å²) in [4.78, 5) is 1.11. The first-order valence-corrected chi connectivity index (χ1v) is 9.73. The van der Waals surface area contributed by atoms with Crippen molar-refractivity contribution < 1.29 is 13.2 Å². The first-order chi connectivity index (χ1) is 10.0. The van der Waals surface area contributed by atoms with Crippen LogP contribution in [0.2, 0.25) is 0 Å². The molecular weight excluding hydrogens is 308 g/mol. The molecular formula is C14H24N2O3S2. The van der Waals surface area contributed by atoms with Crippen LogP contribution in [0.4, 0.5) is 0 Å². The molecule has 2 N–H and O–H groups in total. The number of nitrogens with one attached hydrogen (secondary N) is 2. The summed E-state index contributed by atoms with van der Waals surface area (Å²) in [6.45, 7) is 6.31. The zero-order valence-corrected chi connectivity index (χ0v) is 14.3. The predicted molar refractivity (Wildman–Crippen MR) is 85.2 cm³/mol. The highest BCUT2D eigenvalue weighted by molar-refractivity contribution is 7.91. The standard InChI is InChI=1S/C14H24N2O3S2/c1-3-19-8-4-7-16-21(17,18)14-9-11(2)13(20-14)10-15-12-5-6-12/h9,12,15-16H,3-8,10H2,1-2H3. The molecule has 1 heterocycles. The summed E-state index contributed by atoms with van der Waals surface area (Å²) in [7, 11) is -3.39. The van der Waals surface area contributed by atoms with Gasteiger partial charge in [-0.15, -0.1) is 11.3 Å². The summed E-state index contributed by atoms with van der Waals surface area (Å²) in [6, 6.07) is 2.39. The SMILES string of the molecule is CCOCCCNS(=O)(=O)c1cc(C)c(CNC2CC2)s1. The molecule has 1 aliphatic carbocycles. The molecule has 1 aromatic rings. The van der Waals surface area contributed by atoms with E-state index in [1.54, 1.807) is 6.07 Å². The zero-order chi connectivity index (χ0) is 15.3. The van der Waals surface area contributed by atoms with Crippen LogP contribution in [-0.4, -0.2) is 34.2 Å². The van der Waals surface area contributed by atoms with Gasteiger partial charge in [-0.05, 0) is 44.7 Å². The maximum atomic E-state index is 12.2. The number of ether oxygens (including phenoxy) is 1. The lowest BCUT2D eigenvalue weighted by Crippen LogP contribution is -2.24. The average Bonchev–Trinajstić information content (AvgIpc) is 3.19. The summed E-state index contributed by atoms with van der Waals surface area (Å²) < 4.78 is 32.7. The molecule has 0 radical (unpaired) electrons. The van der Waals surface area contributed by atoms with Gasteiger partial charge < -0.3 is 10.1 Å². The van der Waals surface area contributed by atoms with Crippen LogP contribution in [0.15, 0.2) is 10.3 Å². The highest BCUT2D eigenvalue weighted by Gasteiger charge is 2.22. The van der Waals surface area contributed by atoms with Crippen LogP contribution in [0, 0.1) is 6.92 Å². The Balaban J connectivity index is 1.87. The van der Waals surface area contributed by atoms with Crippen molar-refractivity contribution in [1.29, 1.82) is 0 Å². The van der Waals surface area contributed by atoms with Crippen molar-refractivity contribution in [2.45, 2.75) is 49.9 Å². The molecule has 0 bridgehead atoms. The van der Waals surface area contributed by atoms with Crippen molar-refractivity contribution in [3.05, 3.63) is 16.5 Å². The number of hydrogen-bond donors (Lipinski definition) is 2. The number of aryl methyl sites for hydroxylation is 1. The molecule has 0 aromatic carbocycles. The fourth-order valence-electron chi connectivity index (χ4n) is 1.92. The van der Waals surface area contributed by atoms with Gasteiger partial charge in [0.25, 0.3) is 0 Å². The second-order valence-corrected chi connectivity index (χ2v) is 8.41. The Morgan fingerprint density at radius 3 is 2.86 bits per heavy atom. The summed E-state index contributed by atoms with van der Waals surface area (Å²) in [5, 5.41) is 3.42. The molecule has 0 atom stereocenters. The fraction of sp³-hybridized carbons (Fsp3) is 0.714. The van der Waals surface area contributed by atoms with Gasteiger partial charge in [0.1, 0.15) is 4.21 Å². The molecule has 120 valence electrons. The molecule has 1 fully saturated rings. The zero-order valence-electron chi connectivity index (χ0n) is 12.6. The van der Waals surface area contributed by atoms with E-state index < -0.39 is 10.0 Å². The minimum Gasteiger partial charge on any atom is -0.382 e. The molecule has 0 unspecified atom stereocenters. The summed E-state index contributed by atoms with van der Waals surface area (Å²) in [6.07, 6.45) is 3.15. The lowest BCUT2D eigenvalue weighted by Gasteiger charge is -2.04. The second kappa shape index (κ2) is 7.69. The van der Waals surface area contributed by atoms with Gasteiger partial charge >= 0.3 is 0 Å². The van der Waals surface area contributed by atoms with Crippen molar-refractivity contribution >= 4 is 21.4 Å². The van der Waals surface area contributed by atoms with Gasteiger partial charge in [0.2, 0.25) is 10.0 Å². The van der Waals surface area contributed by atoms with Crippen molar-refractivity contribution in [2.24, 2.45) is 0 Å². The third-order valence-electron chi connectivity index (χ3n) is 3.35. The minimum atomic E-state index is -3.39. The first kappa shape index (κ1) is 16.9. The molecule has 21 heavy (non-hydrogen) atoms. The smallest absolute Gasteiger partial charge is 0.250 e. The topological polar surface area (TPSA) is 67.4 Å². The highest BCUT2D eigenvalue weighted by atomic mass is 32.2. The van der Waals surface area contributed by atoms with Crippen molar-refractivity contribution in [2.75, 3.05) is 19.8 Å². The van der Waals surface area contributed by atoms with Crippen molar-refractivity contribution in [3.8, 4) is 0 Å². The molecule has 0 spiro atoms. The Kier molecular flexibility index (Phi) is 6.19. The molecule has 2 rings (SSSR count). The highest BCUT2D eigenvalue weighted by Crippen LogP contribution is 2.27. The van der Waals surface area contributed by atoms with Crippen LogP contribution in [0.5, 0.6) is 0 Å². The Hall–Kier alpha value is -0.470. The maximum Gasteiger partial charge on any atom is 0.250 e. The maximum absolute atomic E-state index is 12.2. The van der Waals surface area contributed by atoms with E-state index in [1.165, 1.54) is 24.2 Å². The van der Waals surface area contributed by atoms with E-state index in [1.807, 2.05) is 13.8 Å². The molecule has 1 saturated carbocycles. The fourth-order valence-corrected chi connectivity index (χ4v) is 4.58. The largest absolute Gasteiger partial charge is 0.382 e. The predicted octanol–water partition coefficient (Wildman–Crippen LogP) is 2.01. The molecule has 5 nitrogen and oxygen atoms in total. The molecule has 0 saturated heterocycles. The molecule has 1 aromatic heterocycles.